The average Bonchev–Trinajstić information content (AvgIpc) is 2.51. The molecular formula is C18H21FN2. The molecule has 1 aliphatic rings. The van der Waals surface area contributed by atoms with Crippen LogP contribution in [0.15, 0.2) is 48.5 Å². The van der Waals surface area contributed by atoms with Crippen molar-refractivity contribution < 1.29 is 4.39 Å². The maximum Gasteiger partial charge on any atom is 0.126 e. The van der Waals surface area contributed by atoms with Gasteiger partial charge in [0, 0.05) is 30.9 Å². The minimum Gasteiger partial charge on any atom is -0.366 e. The van der Waals surface area contributed by atoms with Crippen molar-refractivity contribution in [3.05, 3.63) is 65.5 Å². The van der Waals surface area contributed by atoms with Gasteiger partial charge in [-0.05, 0) is 43.2 Å². The van der Waals surface area contributed by atoms with Crippen molar-refractivity contribution in [3.63, 3.8) is 0 Å². The van der Waals surface area contributed by atoms with Crippen LogP contribution in [0.3, 0.4) is 0 Å². The first-order chi connectivity index (χ1) is 10.1. The zero-order chi connectivity index (χ0) is 14.8. The summed E-state index contributed by atoms with van der Waals surface area (Å²) < 4.78 is 13.5. The van der Waals surface area contributed by atoms with Crippen molar-refractivity contribution in [2.75, 3.05) is 18.0 Å². The normalized spacial score (nSPS) is 22.3. The van der Waals surface area contributed by atoms with Gasteiger partial charge in [0.05, 0.1) is 0 Å². The first-order valence-corrected chi connectivity index (χ1v) is 7.46. The zero-order valence-corrected chi connectivity index (χ0v) is 12.5. The van der Waals surface area contributed by atoms with E-state index in [0.29, 0.717) is 17.6 Å². The fourth-order valence-electron chi connectivity index (χ4n) is 2.94. The summed E-state index contributed by atoms with van der Waals surface area (Å²) in [5.41, 5.74) is 3.10. The molecule has 0 aliphatic carbocycles. The number of benzene rings is 2. The third-order valence-electron chi connectivity index (χ3n) is 4.25. The second-order valence-corrected chi connectivity index (χ2v) is 5.81. The molecule has 1 saturated heterocycles. The summed E-state index contributed by atoms with van der Waals surface area (Å²) >= 11 is 0. The van der Waals surface area contributed by atoms with E-state index >= 15 is 0 Å². The van der Waals surface area contributed by atoms with Crippen LogP contribution in [-0.2, 0) is 0 Å². The summed E-state index contributed by atoms with van der Waals surface area (Å²) in [4.78, 5) is 2.36. The van der Waals surface area contributed by atoms with E-state index in [1.807, 2.05) is 25.1 Å². The lowest BCUT2D eigenvalue weighted by molar-refractivity contribution is 0.414. The zero-order valence-electron chi connectivity index (χ0n) is 12.5. The molecule has 2 atom stereocenters. The van der Waals surface area contributed by atoms with Crippen molar-refractivity contribution in [1.82, 2.24) is 5.32 Å². The highest BCUT2D eigenvalue weighted by molar-refractivity contribution is 5.51. The molecule has 110 valence electrons. The maximum absolute atomic E-state index is 13.5. The van der Waals surface area contributed by atoms with Gasteiger partial charge >= 0.3 is 0 Å². The second kappa shape index (κ2) is 5.86. The monoisotopic (exact) mass is 284 g/mol. The second-order valence-electron chi connectivity index (χ2n) is 5.81. The number of piperazine rings is 1. The molecule has 0 aromatic heterocycles. The van der Waals surface area contributed by atoms with E-state index in [1.165, 1.54) is 5.56 Å². The third kappa shape index (κ3) is 2.93. The predicted molar refractivity (Wildman–Crippen MR) is 85.1 cm³/mol. The molecule has 3 heteroatoms. The summed E-state index contributed by atoms with van der Waals surface area (Å²) in [6, 6.07) is 16.6. The van der Waals surface area contributed by atoms with Gasteiger partial charge in [0.1, 0.15) is 5.82 Å². The molecule has 3 rings (SSSR count). The first-order valence-electron chi connectivity index (χ1n) is 7.46. The smallest absolute Gasteiger partial charge is 0.126 e. The van der Waals surface area contributed by atoms with E-state index in [-0.39, 0.29) is 5.82 Å². The Morgan fingerprint density at radius 2 is 1.90 bits per heavy atom. The molecule has 1 heterocycles. The van der Waals surface area contributed by atoms with Crippen LogP contribution in [0.2, 0.25) is 0 Å². The van der Waals surface area contributed by atoms with Crippen molar-refractivity contribution in [2.24, 2.45) is 0 Å². The molecule has 1 aliphatic heterocycles. The molecule has 1 N–H and O–H groups in total. The lowest BCUT2D eigenvalue weighted by Crippen LogP contribution is -2.51. The first kappa shape index (κ1) is 14.1. The molecule has 1 fully saturated rings. The number of aryl methyl sites for hydroxylation is 1. The highest BCUT2D eigenvalue weighted by Gasteiger charge is 2.26. The Labute approximate surface area is 125 Å². The molecule has 2 unspecified atom stereocenters. The van der Waals surface area contributed by atoms with E-state index in [4.69, 9.17) is 0 Å². The Morgan fingerprint density at radius 1 is 1.14 bits per heavy atom. The fraction of sp³-hybridized carbons (Fsp3) is 0.333. The van der Waals surface area contributed by atoms with Crippen molar-refractivity contribution in [1.29, 1.82) is 0 Å². The fourth-order valence-corrected chi connectivity index (χ4v) is 2.94. The van der Waals surface area contributed by atoms with Gasteiger partial charge in [-0.2, -0.15) is 0 Å². The summed E-state index contributed by atoms with van der Waals surface area (Å²) in [5, 5.41) is 3.60. The van der Waals surface area contributed by atoms with Gasteiger partial charge in [-0.1, -0.05) is 30.3 Å². The number of rotatable bonds is 2. The Kier molecular flexibility index (Phi) is 3.93. The molecule has 21 heavy (non-hydrogen) atoms. The average molecular weight is 284 g/mol. The van der Waals surface area contributed by atoms with Crippen LogP contribution in [0.25, 0.3) is 0 Å². The van der Waals surface area contributed by atoms with Crippen LogP contribution in [0, 0.1) is 12.7 Å². The lowest BCUT2D eigenvalue weighted by atomic mass is 10.0. The van der Waals surface area contributed by atoms with Gasteiger partial charge in [0.15, 0.2) is 0 Å². The van der Waals surface area contributed by atoms with E-state index in [2.05, 4.69) is 41.4 Å². The summed E-state index contributed by atoms with van der Waals surface area (Å²) in [5.74, 6) is -0.138. The molecule has 2 aromatic rings. The van der Waals surface area contributed by atoms with Crippen LogP contribution in [-0.4, -0.2) is 19.1 Å². The molecule has 0 bridgehead atoms. The summed E-state index contributed by atoms with van der Waals surface area (Å²) in [6.07, 6.45) is 0. The van der Waals surface area contributed by atoms with Crippen LogP contribution in [0.4, 0.5) is 10.1 Å². The Balaban J connectivity index is 1.85. The van der Waals surface area contributed by atoms with Gasteiger partial charge in [-0.3, -0.25) is 0 Å². The standard InChI is InChI=1S/C18H21FN2/c1-13-10-16(8-9-17(13)19)21-12-18(20-11-14(21)2)15-6-4-3-5-7-15/h3-10,14,18,20H,11-12H2,1-2H3. The van der Waals surface area contributed by atoms with E-state index in [9.17, 15) is 4.39 Å². The molecule has 0 spiro atoms. The minimum atomic E-state index is -0.138. The van der Waals surface area contributed by atoms with Gasteiger partial charge in [-0.25, -0.2) is 4.39 Å². The Bertz CT molecular complexity index is 612. The van der Waals surface area contributed by atoms with Gasteiger partial charge in [-0.15, -0.1) is 0 Å². The highest BCUT2D eigenvalue weighted by atomic mass is 19.1. The lowest BCUT2D eigenvalue weighted by Gasteiger charge is -2.40. The Morgan fingerprint density at radius 3 is 2.62 bits per heavy atom. The van der Waals surface area contributed by atoms with E-state index < -0.39 is 0 Å². The quantitative estimate of drug-likeness (QED) is 0.905. The molecular weight excluding hydrogens is 263 g/mol. The summed E-state index contributed by atoms with van der Waals surface area (Å²) in [7, 11) is 0. The largest absolute Gasteiger partial charge is 0.366 e. The topological polar surface area (TPSA) is 15.3 Å². The number of halogens is 1. The van der Waals surface area contributed by atoms with Crippen LogP contribution >= 0.6 is 0 Å². The molecule has 2 nitrogen and oxygen atoms in total. The molecule has 0 saturated carbocycles. The van der Waals surface area contributed by atoms with Crippen molar-refractivity contribution >= 4 is 5.69 Å². The number of hydrogen-bond donors (Lipinski definition) is 1. The predicted octanol–water partition coefficient (Wildman–Crippen LogP) is 3.67. The van der Waals surface area contributed by atoms with E-state index in [0.717, 1.165) is 18.8 Å². The van der Waals surface area contributed by atoms with Crippen LogP contribution in [0.1, 0.15) is 24.1 Å². The van der Waals surface area contributed by atoms with Crippen molar-refractivity contribution in [3.8, 4) is 0 Å². The van der Waals surface area contributed by atoms with Gasteiger partial charge in [0.25, 0.3) is 0 Å². The molecule has 0 radical (unpaired) electrons. The highest BCUT2D eigenvalue weighted by Crippen LogP contribution is 2.26. The van der Waals surface area contributed by atoms with Crippen LogP contribution < -0.4 is 10.2 Å². The number of anilines is 1. The number of hydrogen-bond acceptors (Lipinski definition) is 2. The van der Waals surface area contributed by atoms with Gasteiger partial charge < -0.3 is 10.2 Å². The minimum absolute atomic E-state index is 0.138. The summed E-state index contributed by atoms with van der Waals surface area (Å²) in [6.45, 7) is 5.85. The number of nitrogens with zero attached hydrogens (tertiary/aromatic N) is 1. The molecule has 0 amide bonds. The van der Waals surface area contributed by atoms with E-state index in [1.54, 1.807) is 6.07 Å². The maximum atomic E-state index is 13.5. The van der Waals surface area contributed by atoms with Crippen molar-refractivity contribution in [2.45, 2.75) is 25.9 Å². The third-order valence-corrected chi connectivity index (χ3v) is 4.25. The SMILES string of the molecule is Cc1cc(N2CC(c3ccccc3)NCC2C)ccc1F. The van der Waals surface area contributed by atoms with Crippen LogP contribution in [0.5, 0.6) is 0 Å². The molecule has 2 aromatic carbocycles. The Hall–Kier alpha value is -1.87. The van der Waals surface area contributed by atoms with Gasteiger partial charge in [0.2, 0.25) is 0 Å². The number of nitrogens with one attached hydrogen (secondary N) is 1.